The first-order chi connectivity index (χ1) is 26.3. The zero-order chi connectivity index (χ0) is 34.7. The summed E-state index contributed by atoms with van der Waals surface area (Å²) in [5, 5.41) is 11.1. The van der Waals surface area contributed by atoms with Crippen molar-refractivity contribution in [1.29, 1.82) is 0 Å². The van der Waals surface area contributed by atoms with Gasteiger partial charge in [-0.15, -0.1) is 0 Å². The number of aromatic nitrogens is 2. The lowest BCUT2D eigenvalue weighted by Crippen LogP contribution is -2.78. The van der Waals surface area contributed by atoms with Crippen LogP contribution in [0.3, 0.4) is 0 Å². The van der Waals surface area contributed by atoms with Gasteiger partial charge in [-0.1, -0.05) is 145 Å². The zero-order valence-electron chi connectivity index (χ0n) is 28.5. The summed E-state index contributed by atoms with van der Waals surface area (Å²) < 4.78 is 4.91. The number of rotatable bonds is 3. The highest BCUT2D eigenvalue weighted by Gasteiger charge is 2.51. The Morgan fingerprint density at radius 2 is 0.717 bits per heavy atom. The molecule has 4 heterocycles. The van der Waals surface area contributed by atoms with Gasteiger partial charge >= 0.3 is 0 Å². The van der Waals surface area contributed by atoms with Crippen molar-refractivity contribution < 1.29 is 0 Å². The summed E-state index contributed by atoms with van der Waals surface area (Å²) >= 11 is 3.90. The van der Waals surface area contributed by atoms with Crippen molar-refractivity contribution >= 4 is 96.0 Å². The van der Waals surface area contributed by atoms with Gasteiger partial charge in [-0.05, 0) is 81.4 Å². The molecule has 0 atom stereocenters. The first-order valence-corrected chi connectivity index (χ1v) is 21.7. The van der Waals surface area contributed by atoms with Crippen molar-refractivity contribution in [2.45, 2.75) is 19.6 Å². The van der Waals surface area contributed by atoms with Gasteiger partial charge in [0.05, 0.1) is 22.1 Å². The van der Waals surface area contributed by atoms with Gasteiger partial charge in [0.1, 0.15) is 0 Å². The topological polar surface area (TPSA) is 9.86 Å². The lowest BCUT2D eigenvalue weighted by Gasteiger charge is -2.44. The highest BCUT2D eigenvalue weighted by molar-refractivity contribution is 8.01. The summed E-state index contributed by atoms with van der Waals surface area (Å²) in [6, 6.07) is 68.4. The summed E-state index contributed by atoms with van der Waals surface area (Å²) in [5.41, 5.74) is 7.37. The molecular weight excluding hydrogens is 697 g/mol. The fourth-order valence-electron chi connectivity index (χ4n) is 9.34. The van der Waals surface area contributed by atoms with Crippen LogP contribution in [0.4, 0.5) is 0 Å². The molecule has 5 heteroatoms. The van der Waals surface area contributed by atoms with E-state index >= 15 is 0 Å². The average molecular weight is 727 g/mol. The lowest BCUT2D eigenvalue weighted by atomic mass is 10.2. The molecule has 0 unspecified atom stereocenters. The molecule has 0 saturated carbocycles. The Balaban J connectivity index is 1.14. The van der Waals surface area contributed by atoms with Crippen LogP contribution in [0.15, 0.2) is 202 Å². The maximum absolute atomic E-state index is 2.74. The molecule has 8 aromatic carbocycles. The Kier molecular flexibility index (Phi) is 6.27. The van der Waals surface area contributed by atoms with Crippen molar-refractivity contribution in [3.8, 4) is 11.4 Å². The Morgan fingerprint density at radius 1 is 0.340 bits per heavy atom. The van der Waals surface area contributed by atoms with E-state index in [2.05, 4.69) is 191 Å². The van der Waals surface area contributed by atoms with E-state index in [1.807, 2.05) is 23.5 Å². The second kappa shape index (κ2) is 11.1. The van der Waals surface area contributed by atoms with E-state index in [1.54, 1.807) is 0 Å². The van der Waals surface area contributed by atoms with Crippen LogP contribution in [0.5, 0.6) is 0 Å². The minimum absolute atomic E-state index is 1.19. The molecule has 0 aliphatic carbocycles. The van der Waals surface area contributed by atoms with Gasteiger partial charge in [-0.3, -0.25) is 0 Å². The third kappa shape index (κ3) is 4.02. The van der Waals surface area contributed by atoms with E-state index in [-0.39, 0.29) is 0 Å². The molecule has 53 heavy (non-hydrogen) atoms. The number of fused-ring (bicyclic) bond motifs is 10. The van der Waals surface area contributed by atoms with Crippen molar-refractivity contribution in [2.75, 3.05) is 0 Å². The van der Waals surface area contributed by atoms with E-state index in [0.717, 1.165) is 0 Å². The van der Waals surface area contributed by atoms with Crippen LogP contribution >= 0.6 is 23.5 Å². The quantitative estimate of drug-likeness (QED) is 0.168. The minimum Gasteiger partial charge on any atom is -0.309 e. The van der Waals surface area contributed by atoms with Gasteiger partial charge in [0, 0.05) is 52.5 Å². The van der Waals surface area contributed by atoms with Crippen LogP contribution < -0.4 is 20.7 Å². The standard InChI is InChI=1S/C48H30N2S2Si/c1-5-17-38-34(13-1)35-14-2-6-18-39(35)49(38)31-25-27-33(28-26-31)53-46-23-11-9-21-42(46)51-44-29-32(30-45(48(44)53)52-43-22-10-12-24-47(43)53)50-40-19-7-3-15-36(40)37-16-4-8-20-41(37)50/h1-30H. The maximum atomic E-state index is 2.49. The Labute approximate surface area is 316 Å². The molecule has 0 spiro atoms. The summed E-state index contributed by atoms with van der Waals surface area (Å²) in [5.74, 6) is 0. The predicted octanol–water partition coefficient (Wildman–Crippen LogP) is 10.2. The van der Waals surface area contributed by atoms with Crippen LogP contribution in [0.2, 0.25) is 0 Å². The summed E-state index contributed by atoms with van der Waals surface area (Å²) in [4.78, 5) is 5.48. The fraction of sp³-hybridized carbons (Fsp3) is 0. The van der Waals surface area contributed by atoms with E-state index in [4.69, 9.17) is 0 Å². The Hall–Kier alpha value is -5.72. The van der Waals surface area contributed by atoms with E-state index in [1.165, 1.54) is 95.3 Å². The van der Waals surface area contributed by atoms with E-state index in [0.29, 0.717) is 0 Å². The second-order valence-electron chi connectivity index (χ2n) is 14.0. The van der Waals surface area contributed by atoms with Crippen LogP contribution in [0, 0.1) is 0 Å². The van der Waals surface area contributed by atoms with Gasteiger partial charge in [-0.2, -0.15) is 0 Å². The monoisotopic (exact) mass is 726 g/mol. The summed E-state index contributed by atoms with van der Waals surface area (Å²) in [6.45, 7) is 0. The first kappa shape index (κ1) is 29.8. The predicted molar refractivity (Wildman–Crippen MR) is 227 cm³/mol. The molecule has 12 rings (SSSR count). The van der Waals surface area contributed by atoms with Gasteiger partial charge < -0.3 is 9.13 Å². The molecular formula is C48H30N2S2Si. The molecule has 0 radical (unpaired) electrons. The maximum Gasteiger partial charge on any atom is 0.184 e. The van der Waals surface area contributed by atoms with Crippen LogP contribution in [0.1, 0.15) is 0 Å². The largest absolute Gasteiger partial charge is 0.309 e. The number of para-hydroxylation sites is 4. The van der Waals surface area contributed by atoms with Gasteiger partial charge in [0.15, 0.2) is 8.07 Å². The van der Waals surface area contributed by atoms with Gasteiger partial charge in [-0.25, -0.2) is 0 Å². The first-order valence-electron chi connectivity index (χ1n) is 18.1. The number of nitrogens with zero attached hydrogens (tertiary/aromatic N) is 2. The average Bonchev–Trinajstić information content (AvgIpc) is 3.74. The van der Waals surface area contributed by atoms with Crippen LogP contribution in [-0.4, -0.2) is 17.2 Å². The van der Waals surface area contributed by atoms with Crippen molar-refractivity contribution in [2.24, 2.45) is 0 Å². The normalized spacial score (nSPS) is 14.0. The van der Waals surface area contributed by atoms with E-state index in [9.17, 15) is 0 Å². The molecule has 2 aliphatic rings. The van der Waals surface area contributed by atoms with Crippen molar-refractivity contribution in [3.63, 3.8) is 0 Å². The molecule has 0 bridgehead atoms. The van der Waals surface area contributed by atoms with Crippen LogP contribution in [0.25, 0.3) is 55.0 Å². The number of benzene rings is 8. The molecule has 2 aliphatic heterocycles. The highest BCUT2D eigenvalue weighted by atomic mass is 32.2. The molecule has 0 fully saturated rings. The van der Waals surface area contributed by atoms with Crippen LogP contribution in [-0.2, 0) is 0 Å². The Morgan fingerprint density at radius 3 is 1.17 bits per heavy atom. The number of hydrogen-bond donors (Lipinski definition) is 0. The highest BCUT2D eigenvalue weighted by Crippen LogP contribution is 2.44. The molecule has 0 saturated heterocycles. The molecule has 248 valence electrons. The summed E-state index contributed by atoms with van der Waals surface area (Å²) in [7, 11) is -2.74. The minimum atomic E-state index is -2.74. The smallest absolute Gasteiger partial charge is 0.184 e. The molecule has 10 aromatic rings. The fourth-order valence-corrected chi connectivity index (χ4v) is 18.6. The SMILES string of the molecule is c1ccc2c(c1)Sc1cc(-n3c4ccccc4c4ccccc43)cc3c1[Si]2(c1ccc(-n2c4ccccc4c4ccccc42)cc1)c1ccccc1S3. The number of hydrogen-bond acceptors (Lipinski definition) is 2. The lowest BCUT2D eigenvalue weighted by molar-refractivity contribution is 1.14. The van der Waals surface area contributed by atoms with E-state index < -0.39 is 8.07 Å². The molecule has 2 nitrogen and oxygen atoms in total. The third-order valence-electron chi connectivity index (χ3n) is 11.4. The van der Waals surface area contributed by atoms with Crippen molar-refractivity contribution in [3.05, 3.63) is 182 Å². The molecule has 0 N–H and O–H groups in total. The zero-order valence-corrected chi connectivity index (χ0v) is 31.2. The van der Waals surface area contributed by atoms with Gasteiger partial charge in [0.25, 0.3) is 0 Å². The Bertz CT molecular complexity index is 2960. The second-order valence-corrected chi connectivity index (χ2v) is 19.9. The molecule has 2 aromatic heterocycles. The van der Waals surface area contributed by atoms with Gasteiger partial charge in [0.2, 0.25) is 0 Å². The third-order valence-corrected chi connectivity index (χ3v) is 19.4. The van der Waals surface area contributed by atoms with Crippen molar-refractivity contribution in [1.82, 2.24) is 9.13 Å². The molecule has 0 amide bonds. The summed E-state index contributed by atoms with van der Waals surface area (Å²) in [6.07, 6.45) is 0.